The van der Waals surface area contributed by atoms with E-state index in [0.29, 0.717) is 29.7 Å². The zero-order valence-corrected chi connectivity index (χ0v) is 33.7. The van der Waals surface area contributed by atoms with Gasteiger partial charge >= 0.3 is 0 Å². The molecule has 2 aliphatic rings. The quantitative estimate of drug-likeness (QED) is 0.223. The molecule has 0 bridgehead atoms. The normalized spacial score (nSPS) is 14.9. The second-order valence-electron chi connectivity index (χ2n) is 13.8. The topological polar surface area (TPSA) is 126 Å². The van der Waals surface area contributed by atoms with Gasteiger partial charge < -0.3 is 24.1 Å². The molecular formula is C36H40N2O7Y2-4. The van der Waals surface area contributed by atoms with Crippen molar-refractivity contribution in [1.29, 1.82) is 0 Å². The Bertz CT molecular complexity index is 1480. The number of carbonyl (C=O) groups is 3. The minimum Gasteiger partial charge on any atom is -0.542 e. The molecule has 0 saturated heterocycles. The van der Waals surface area contributed by atoms with E-state index < -0.39 is 23.9 Å². The second-order valence-corrected chi connectivity index (χ2v) is 13.8. The van der Waals surface area contributed by atoms with Gasteiger partial charge in [-0.3, -0.25) is 31.9 Å². The van der Waals surface area contributed by atoms with Crippen LogP contribution in [0.5, 0.6) is 0 Å². The number of hydrogen-bond donors (Lipinski definition) is 0. The summed E-state index contributed by atoms with van der Waals surface area (Å²) < 4.78 is 0. The third-order valence-electron chi connectivity index (χ3n) is 7.57. The Morgan fingerprint density at radius 3 is 1.66 bits per heavy atom. The Hall–Kier alpha value is -2.06. The first kappa shape index (κ1) is 43.0. The van der Waals surface area contributed by atoms with E-state index in [2.05, 4.69) is 20.8 Å². The molecule has 0 saturated carbocycles. The van der Waals surface area contributed by atoms with Crippen LogP contribution in [0.4, 0.5) is 0 Å². The van der Waals surface area contributed by atoms with Gasteiger partial charge in [-0.1, -0.05) is 90.7 Å². The van der Waals surface area contributed by atoms with Crippen LogP contribution in [-0.2, 0) is 104 Å². The molecule has 246 valence electrons. The van der Waals surface area contributed by atoms with E-state index in [0.717, 1.165) is 28.0 Å². The van der Waals surface area contributed by atoms with E-state index in [4.69, 9.17) is 0 Å². The maximum absolute atomic E-state index is 12.7. The molecule has 2 aromatic rings. The number of amides is 3. The first-order chi connectivity index (χ1) is 21.2. The molecule has 2 aliphatic heterocycles. The fourth-order valence-corrected chi connectivity index (χ4v) is 5.69. The van der Waals surface area contributed by atoms with E-state index in [1.54, 1.807) is 37.1 Å². The van der Waals surface area contributed by atoms with Gasteiger partial charge in [0, 0.05) is 77.5 Å². The third-order valence-corrected chi connectivity index (χ3v) is 7.57. The Labute approximate surface area is 328 Å². The number of imide groups is 1. The van der Waals surface area contributed by atoms with Crippen molar-refractivity contribution in [1.82, 2.24) is 9.80 Å². The molecule has 3 amide bonds. The van der Waals surface area contributed by atoms with Gasteiger partial charge in [-0.25, -0.2) is 12.6 Å². The van der Waals surface area contributed by atoms with Crippen LogP contribution < -0.4 is 0 Å². The Morgan fingerprint density at radius 1 is 0.660 bits per heavy atom. The minimum atomic E-state index is -1.05. The minimum absolute atomic E-state index is 0. The fraction of sp³-hybridized carbons (Fsp3) is 0.472. The molecule has 0 spiro atoms. The second kappa shape index (κ2) is 18.6. The molecule has 2 heterocycles. The molecule has 11 heteroatoms. The number of rotatable bonds is 12. The zero-order chi connectivity index (χ0) is 33.5. The summed E-state index contributed by atoms with van der Waals surface area (Å²) in [5.74, 6) is -1.13. The predicted molar refractivity (Wildman–Crippen MR) is 168 cm³/mol. The Morgan fingerprint density at radius 2 is 1.15 bits per heavy atom. The van der Waals surface area contributed by atoms with Gasteiger partial charge in [0.05, 0.1) is 11.1 Å². The van der Waals surface area contributed by atoms with Crippen LogP contribution in [0, 0.1) is 10.8 Å². The molecule has 0 aromatic heterocycles. The molecule has 47 heavy (non-hydrogen) atoms. The third kappa shape index (κ3) is 11.0. The maximum Gasteiger partial charge on any atom is 0.259 e. The predicted octanol–water partition coefficient (Wildman–Crippen LogP) is 4.83. The molecule has 0 aliphatic carbocycles. The van der Waals surface area contributed by atoms with E-state index in [1.165, 1.54) is 4.90 Å². The van der Waals surface area contributed by atoms with Crippen LogP contribution in [0.2, 0.25) is 0 Å². The molecule has 2 atom stereocenters. The van der Waals surface area contributed by atoms with Gasteiger partial charge in [0.1, 0.15) is 0 Å². The van der Waals surface area contributed by atoms with Crippen molar-refractivity contribution in [3.8, 4) is 0 Å². The van der Waals surface area contributed by atoms with Gasteiger partial charge in [-0.2, -0.15) is 12.8 Å². The summed E-state index contributed by atoms with van der Waals surface area (Å²) in [4.78, 5) is 83.3. The van der Waals surface area contributed by atoms with Gasteiger partial charge in [0.15, 0.2) is 0 Å². The monoisotopic (exact) mass is 790 g/mol. The van der Waals surface area contributed by atoms with Gasteiger partial charge in [0.25, 0.3) is 17.7 Å². The first-order valence-electron chi connectivity index (χ1n) is 15.0. The van der Waals surface area contributed by atoms with Gasteiger partial charge in [0.2, 0.25) is 0 Å². The van der Waals surface area contributed by atoms with Crippen LogP contribution in [0.15, 0.2) is 36.4 Å². The molecular weight excluding hydrogens is 750 g/mol. The number of benzene rings is 2. The molecule has 9 nitrogen and oxygen atoms in total. The summed E-state index contributed by atoms with van der Waals surface area (Å²) in [5.41, 5.74) is 4.35. The van der Waals surface area contributed by atoms with Gasteiger partial charge in [-0.05, 0) is 52.5 Å². The van der Waals surface area contributed by atoms with Crippen molar-refractivity contribution in [3.05, 3.63) is 69.8 Å². The Balaban J connectivity index is 0.000000451. The average molecular weight is 791 g/mol. The average Bonchev–Trinajstić information content (AvgIpc) is 3.43. The van der Waals surface area contributed by atoms with Gasteiger partial charge in [-0.15, -0.1) is 0 Å². The number of hydrogen-bond acceptors (Lipinski definition) is 7. The number of fused-ring (bicyclic) bond motifs is 2. The molecule has 0 N–H and O–H groups in total. The zero-order valence-electron chi connectivity index (χ0n) is 28.0. The van der Waals surface area contributed by atoms with Crippen molar-refractivity contribution in [2.45, 2.75) is 98.7 Å². The summed E-state index contributed by atoms with van der Waals surface area (Å²) in [6, 6.07) is 9.17. The number of nitrogens with zero attached hydrogens (tertiary/aromatic N) is 2. The van der Waals surface area contributed by atoms with Crippen LogP contribution in [0.3, 0.4) is 0 Å². The summed E-state index contributed by atoms with van der Waals surface area (Å²) in [6.07, 6.45) is 8.97. The van der Waals surface area contributed by atoms with Crippen molar-refractivity contribution < 1.29 is 99.0 Å². The van der Waals surface area contributed by atoms with E-state index >= 15 is 0 Å². The van der Waals surface area contributed by atoms with Crippen LogP contribution >= 0.6 is 0 Å². The largest absolute Gasteiger partial charge is 0.542 e. The van der Waals surface area contributed by atoms with E-state index in [9.17, 15) is 33.6 Å². The van der Waals surface area contributed by atoms with Crippen molar-refractivity contribution in [2.75, 3.05) is 0 Å². The van der Waals surface area contributed by atoms with Crippen LogP contribution in [0.25, 0.3) is 0 Å². The molecule has 0 fully saturated rings. The smallest absolute Gasteiger partial charge is 0.259 e. The van der Waals surface area contributed by atoms with Crippen LogP contribution in [-0.4, -0.2) is 64.7 Å². The van der Waals surface area contributed by atoms with Crippen molar-refractivity contribution in [2.24, 2.45) is 10.8 Å². The Kier molecular flexibility index (Phi) is 17.0. The molecule has 4 rings (SSSR count). The fourth-order valence-electron chi connectivity index (χ4n) is 5.69. The van der Waals surface area contributed by atoms with Crippen LogP contribution in [0.1, 0.15) is 115 Å². The first-order valence-corrected chi connectivity index (χ1v) is 15.0. The van der Waals surface area contributed by atoms with Crippen molar-refractivity contribution >= 4 is 42.9 Å². The SMILES string of the molecule is CC(C)(C)Cc1cccc2c1C(=O)N(C([C-]=O)CC[C-]=O)C2=O.CC(C)(C)Cc1cccc2c1CN(C([C-]=O)CC[C-]=O)C2=O.[Y].[Y]. The van der Waals surface area contributed by atoms with E-state index in [1.807, 2.05) is 45.3 Å². The van der Waals surface area contributed by atoms with Crippen molar-refractivity contribution in [3.63, 3.8) is 0 Å². The standard InChI is InChI=1S/C18H19NO4.C18H21NO3.2Y/c1-18(2,3)10-12-6-4-8-14-15(12)17(23)19(16(14)22)13(11-21)7-5-9-20;1-18(2,3)10-13-6-4-8-15-16(13)11-19(17(15)22)14(12-21)7-5-9-20;;/h4,6,8,13H,5,7,10H2,1-3H3;4,6,8,14H,5,7,10-11H2,1-3H3;;/q2*-2;;. The molecule has 2 aromatic carbocycles. The number of carbonyl (C=O) groups excluding carboxylic acids is 7. The summed E-state index contributed by atoms with van der Waals surface area (Å²) in [7, 11) is 0. The molecule has 2 unspecified atom stereocenters. The molecule has 2 radical (unpaired) electrons. The maximum atomic E-state index is 12.7. The summed E-state index contributed by atoms with van der Waals surface area (Å²) in [5, 5.41) is 0. The van der Waals surface area contributed by atoms with E-state index in [-0.39, 0.29) is 108 Å². The summed E-state index contributed by atoms with van der Waals surface area (Å²) >= 11 is 0. The summed E-state index contributed by atoms with van der Waals surface area (Å²) in [6.45, 7) is 13.0.